The van der Waals surface area contributed by atoms with Crippen LogP contribution < -0.4 is 4.90 Å². The Labute approximate surface area is 119 Å². The summed E-state index contributed by atoms with van der Waals surface area (Å²) in [6.45, 7) is 2.50. The molecular formula is C17H18N2O. The summed E-state index contributed by atoms with van der Waals surface area (Å²) < 4.78 is 0. The highest BCUT2D eigenvalue weighted by atomic mass is 16.3. The van der Waals surface area contributed by atoms with E-state index in [9.17, 15) is 5.11 Å². The Bertz CT molecular complexity index is 612. The minimum atomic E-state index is -0.443. The van der Waals surface area contributed by atoms with Gasteiger partial charge in [0.25, 0.3) is 0 Å². The molecule has 0 aliphatic heterocycles. The van der Waals surface area contributed by atoms with Crippen molar-refractivity contribution >= 4 is 5.69 Å². The minimum absolute atomic E-state index is 0.443. The SMILES string of the molecule is CC(O)c1ccc(N(C)Cc2cccc(C#N)c2)cc1. The molecule has 0 aromatic heterocycles. The highest BCUT2D eigenvalue weighted by molar-refractivity contribution is 5.48. The summed E-state index contributed by atoms with van der Waals surface area (Å²) in [6.07, 6.45) is -0.443. The summed E-state index contributed by atoms with van der Waals surface area (Å²) in [4.78, 5) is 2.11. The van der Waals surface area contributed by atoms with Gasteiger partial charge in [0, 0.05) is 19.3 Å². The number of anilines is 1. The van der Waals surface area contributed by atoms with Crippen LogP contribution in [0.1, 0.15) is 29.7 Å². The van der Waals surface area contributed by atoms with Crippen LogP contribution in [-0.2, 0) is 6.54 Å². The number of nitriles is 1. The molecule has 0 bridgehead atoms. The van der Waals surface area contributed by atoms with E-state index in [0.717, 1.165) is 23.4 Å². The third-order valence-corrected chi connectivity index (χ3v) is 3.29. The Kier molecular flexibility index (Phi) is 4.39. The molecule has 0 heterocycles. The lowest BCUT2D eigenvalue weighted by Gasteiger charge is -2.20. The molecule has 0 aliphatic carbocycles. The van der Waals surface area contributed by atoms with Gasteiger partial charge in [0.15, 0.2) is 0 Å². The van der Waals surface area contributed by atoms with E-state index >= 15 is 0 Å². The molecule has 0 saturated carbocycles. The first-order chi connectivity index (χ1) is 9.60. The number of aliphatic hydroxyl groups excluding tert-OH is 1. The van der Waals surface area contributed by atoms with E-state index in [1.807, 2.05) is 49.5 Å². The van der Waals surface area contributed by atoms with Crippen LogP contribution in [-0.4, -0.2) is 12.2 Å². The van der Waals surface area contributed by atoms with Crippen molar-refractivity contribution in [2.45, 2.75) is 19.6 Å². The first kappa shape index (κ1) is 14.1. The van der Waals surface area contributed by atoms with Crippen molar-refractivity contribution in [3.05, 3.63) is 65.2 Å². The lowest BCUT2D eigenvalue weighted by Crippen LogP contribution is -2.16. The number of rotatable bonds is 4. The van der Waals surface area contributed by atoms with E-state index in [-0.39, 0.29) is 0 Å². The number of hydrogen-bond acceptors (Lipinski definition) is 3. The summed E-state index contributed by atoms with van der Waals surface area (Å²) in [6, 6.07) is 17.6. The average molecular weight is 266 g/mol. The lowest BCUT2D eigenvalue weighted by molar-refractivity contribution is 0.199. The topological polar surface area (TPSA) is 47.3 Å². The predicted molar refractivity (Wildman–Crippen MR) is 80.3 cm³/mol. The molecule has 1 unspecified atom stereocenters. The second-order valence-corrected chi connectivity index (χ2v) is 4.94. The van der Waals surface area contributed by atoms with Crippen LogP contribution in [0.15, 0.2) is 48.5 Å². The Morgan fingerprint density at radius 3 is 2.50 bits per heavy atom. The molecule has 0 saturated heterocycles. The van der Waals surface area contributed by atoms with Crippen molar-refractivity contribution in [1.29, 1.82) is 5.26 Å². The van der Waals surface area contributed by atoms with Crippen molar-refractivity contribution in [1.82, 2.24) is 0 Å². The summed E-state index contributed by atoms with van der Waals surface area (Å²) in [5, 5.41) is 18.4. The maximum atomic E-state index is 9.50. The molecule has 0 amide bonds. The third kappa shape index (κ3) is 3.37. The molecule has 2 aromatic rings. The smallest absolute Gasteiger partial charge is 0.0991 e. The van der Waals surface area contributed by atoms with Gasteiger partial charge in [-0.05, 0) is 42.3 Å². The normalized spacial score (nSPS) is 11.7. The fraction of sp³-hybridized carbons (Fsp3) is 0.235. The number of nitrogens with zero attached hydrogens (tertiary/aromatic N) is 2. The molecule has 1 N–H and O–H groups in total. The van der Waals surface area contributed by atoms with Gasteiger partial charge >= 0.3 is 0 Å². The molecule has 2 rings (SSSR count). The van der Waals surface area contributed by atoms with Gasteiger partial charge in [0.2, 0.25) is 0 Å². The molecule has 3 nitrogen and oxygen atoms in total. The van der Waals surface area contributed by atoms with Crippen LogP contribution in [0.2, 0.25) is 0 Å². The minimum Gasteiger partial charge on any atom is -0.389 e. The summed E-state index contributed by atoms with van der Waals surface area (Å²) in [5.74, 6) is 0. The van der Waals surface area contributed by atoms with Gasteiger partial charge in [-0.3, -0.25) is 0 Å². The van der Waals surface area contributed by atoms with E-state index < -0.39 is 6.10 Å². The van der Waals surface area contributed by atoms with Gasteiger partial charge in [-0.2, -0.15) is 5.26 Å². The zero-order valence-corrected chi connectivity index (χ0v) is 11.7. The fourth-order valence-corrected chi connectivity index (χ4v) is 2.11. The maximum absolute atomic E-state index is 9.50. The van der Waals surface area contributed by atoms with Gasteiger partial charge in [-0.15, -0.1) is 0 Å². The Balaban J connectivity index is 2.11. The molecule has 1 atom stereocenters. The zero-order valence-electron chi connectivity index (χ0n) is 11.7. The summed E-state index contributed by atoms with van der Waals surface area (Å²) in [5.41, 5.74) is 3.77. The van der Waals surface area contributed by atoms with E-state index in [1.165, 1.54) is 0 Å². The van der Waals surface area contributed by atoms with Crippen molar-refractivity contribution in [3.8, 4) is 6.07 Å². The molecule has 0 fully saturated rings. The van der Waals surface area contributed by atoms with Crippen LogP contribution >= 0.6 is 0 Å². The number of benzene rings is 2. The van der Waals surface area contributed by atoms with Crippen LogP contribution in [0.25, 0.3) is 0 Å². The van der Waals surface area contributed by atoms with Crippen LogP contribution in [0.5, 0.6) is 0 Å². The monoisotopic (exact) mass is 266 g/mol. The molecule has 2 aromatic carbocycles. The van der Waals surface area contributed by atoms with Gasteiger partial charge < -0.3 is 10.0 Å². The Morgan fingerprint density at radius 2 is 1.90 bits per heavy atom. The first-order valence-electron chi connectivity index (χ1n) is 6.58. The standard InChI is InChI=1S/C17H18N2O/c1-13(20)16-6-8-17(9-7-16)19(2)12-15-5-3-4-14(10-15)11-18/h3-10,13,20H,12H2,1-2H3. The van der Waals surface area contributed by atoms with E-state index in [2.05, 4.69) is 11.0 Å². The van der Waals surface area contributed by atoms with Crippen LogP contribution in [0.3, 0.4) is 0 Å². The van der Waals surface area contributed by atoms with Gasteiger partial charge in [0.05, 0.1) is 17.7 Å². The number of aliphatic hydroxyl groups is 1. The van der Waals surface area contributed by atoms with Crippen LogP contribution in [0.4, 0.5) is 5.69 Å². The molecule has 0 radical (unpaired) electrons. The quantitative estimate of drug-likeness (QED) is 0.924. The molecule has 0 spiro atoms. The molecule has 20 heavy (non-hydrogen) atoms. The van der Waals surface area contributed by atoms with E-state index in [4.69, 9.17) is 5.26 Å². The van der Waals surface area contributed by atoms with Crippen molar-refractivity contribution in [2.24, 2.45) is 0 Å². The third-order valence-electron chi connectivity index (χ3n) is 3.29. The van der Waals surface area contributed by atoms with E-state index in [0.29, 0.717) is 5.56 Å². The summed E-state index contributed by atoms with van der Waals surface area (Å²) >= 11 is 0. The lowest BCUT2D eigenvalue weighted by atomic mass is 10.1. The fourth-order valence-electron chi connectivity index (χ4n) is 2.11. The van der Waals surface area contributed by atoms with Gasteiger partial charge in [-0.1, -0.05) is 24.3 Å². The van der Waals surface area contributed by atoms with Crippen molar-refractivity contribution in [2.75, 3.05) is 11.9 Å². The Morgan fingerprint density at radius 1 is 1.20 bits per heavy atom. The van der Waals surface area contributed by atoms with Gasteiger partial charge in [-0.25, -0.2) is 0 Å². The predicted octanol–water partition coefficient (Wildman–Crippen LogP) is 3.25. The summed E-state index contributed by atoms with van der Waals surface area (Å²) in [7, 11) is 2.01. The molecule has 102 valence electrons. The second kappa shape index (κ2) is 6.23. The zero-order chi connectivity index (χ0) is 14.5. The van der Waals surface area contributed by atoms with Crippen molar-refractivity contribution in [3.63, 3.8) is 0 Å². The number of hydrogen-bond donors (Lipinski definition) is 1. The average Bonchev–Trinajstić information content (AvgIpc) is 2.47. The molecular weight excluding hydrogens is 248 g/mol. The second-order valence-electron chi connectivity index (χ2n) is 4.94. The first-order valence-corrected chi connectivity index (χ1v) is 6.58. The largest absolute Gasteiger partial charge is 0.389 e. The molecule has 3 heteroatoms. The van der Waals surface area contributed by atoms with Gasteiger partial charge in [0.1, 0.15) is 0 Å². The highest BCUT2D eigenvalue weighted by Gasteiger charge is 2.05. The van der Waals surface area contributed by atoms with Crippen LogP contribution in [0, 0.1) is 11.3 Å². The van der Waals surface area contributed by atoms with Crippen molar-refractivity contribution < 1.29 is 5.11 Å². The van der Waals surface area contributed by atoms with E-state index in [1.54, 1.807) is 13.0 Å². The Hall–Kier alpha value is -2.31. The molecule has 0 aliphatic rings. The highest BCUT2D eigenvalue weighted by Crippen LogP contribution is 2.19. The maximum Gasteiger partial charge on any atom is 0.0991 e.